The van der Waals surface area contributed by atoms with Gasteiger partial charge in [0, 0.05) is 16.2 Å². The van der Waals surface area contributed by atoms with Gasteiger partial charge < -0.3 is 5.73 Å². The van der Waals surface area contributed by atoms with E-state index in [0.29, 0.717) is 5.25 Å². The number of hydrogen-bond donors (Lipinski definition) is 1. The number of thioether (sulfide) groups is 1. The standard InChI is InChI=1S/C14H20FNS/c1-10(16)12-8-5-9-13(15)14(12)17-11-6-3-2-4-7-11/h5,8-11H,2-4,6-7,16H2,1H3/t10-/m1/s1. The van der Waals surface area contributed by atoms with Crippen LogP contribution in [-0.2, 0) is 0 Å². The van der Waals surface area contributed by atoms with Crippen molar-refractivity contribution in [3.63, 3.8) is 0 Å². The first-order valence-electron chi connectivity index (χ1n) is 6.39. The van der Waals surface area contributed by atoms with E-state index in [1.54, 1.807) is 17.8 Å². The topological polar surface area (TPSA) is 26.0 Å². The fourth-order valence-corrected chi connectivity index (χ4v) is 3.83. The van der Waals surface area contributed by atoms with Crippen LogP contribution in [0.4, 0.5) is 4.39 Å². The van der Waals surface area contributed by atoms with Crippen LogP contribution in [0.5, 0.6) is 0 Å². The summed E-state index contributed by atoms with van der Waals surface area (Å²) in [5.41, 5.74) is 6.85. The molecule has 2 rings (SSSR count). The molecule has 1 aromatic rings. The lowest BCUT2D eigenvalue weighted by Gasteiger charge is -2.23. The number of hydrogen-bond acceptors (Lipinski definition) is 2. The van der Waals surface area contributed by atoms with Gasteiger partial charge in [-0.1, -0.05) is 31.4 Å². The Hall–Kier alpha value is -0.540. The van der Waals surface area contributed by atoms with Gasteiger partial charge in [0.05, 0.1) is 0 Å². The van der Waals surface area contributed by atoms with Crippen LogP contribution >= 0.6 is 11.8 Å². The van der Waals surface area contributed by atoms with Crippen molar-refractivity contribution in [3.05, 3.63) is 29.6 Å². The second kappa shape index (κ2) is 5.87. The van der Waals surface area contributed by atoms with Crippen LogP contribution < -0.4 is 5.73 Å². The quantitative estimate of drug-likeness (QED) is 0.870. The fraction of sp³-hybridized carbons (Fsp3) is 0.571. The highest BCUT2D eigenvalue weighted by Crippen LogP contribution is 2.37. The predicted molar refractivity (Wildman–Crippen MR) is 71.7 cm³/mol. The maximum atomic E-state index is 13.9. The molecular formula is C14H20FNS. The molecule has 1 nitrogen and oxygen atoms in total. The average molecular weight is 253 g/mol. The van der Waals surface area contributed by atoms with Crippen molar-refractivity contribution in [2.45, 2.75) is 55.2 Å². The van der Waals surface area contributed by atoms with Crippen LogP contribution in [0.15, 0.2) is 23.1 Å². The Balaban J connectivity index is 2.18. The van der Waals surface area contributed by atoms with Gasteiger partial charge in [-0.15, -0.1) is 11.8 Å². The summed E-state index contributed by atoms with van der Waals surface area (Å²) in [4.78, 5) is 0.773. The molecule has 17 heavy (non-hydrogen) atoms. The first-order chi connectivity index (χ1) is 8.18. The van der Waals surface area contributed by atoms with Crippen molar-refractivity contribution in [1.29, 1.82) is 0 Å². The Morgan fingerprint density at radius 3 is 2.65 bits per heavy atom. The summed E-state index contributed by atoms with van der Waals surface area (Å²) in [6, 6.07) is 5.13. The van der Waals surface area contributed by atoms with Crippen LogP contribution in [0, 0.1) is 5.82 Å². The summed E-state index contributed by atoms with van der Waals surface area (Å²) in [5.74, 6) is -0.115. The van der Waals surface area contributed by atoms with Crippen molar-refractivity contribution in [1.82, 2.24) is 0 Å². The van der Waals surface area contributed by atoms with Crippen molar-refractivity contribution >= 4 is 11.8 Å². The van der Waals surface area contributed by atoms with Gasteiger partial charge in [-0.2, -0.15) is 0 Å². The van der Waals surface area contributed by atoms with Gasteiger partial charge in [-0.25, -0.2) is 4.39 Å². The minimum Gasteiger partial charge on any atom is -0.324 e. The fourth-order valence-electron chi connectivity index (χ4n) is 2.36. The lowest BCUT2D eigenvalue weighted by Crippen LogP contribution is -2.12. The number of halogens is 1. The molecule has 1 atom stereocenters. The minimum atomic E-state index is -0.115. The van der Waals surface area contributed by atoms with E-state index >= 15 is 0 Å². The third kappa shape index (κ3) is 3.23. The summed E-state index contributed by atoms with van der Waals surface area (Å²) in [6.07, 6.45) is 6.29. The van der Waals surface area contributed by atoms with Crippen LogP contribution in [0.25, 0.3) is 0 Å². The minimum absolute atomic E-state index is 0.100. The molecule has 0 aliphatic heterocycles. The zero-order valence-corrected chi connectivity index (χ0v) is 11.1. The summed E-state index contributed by atoms with van der Waals surface area (Å²) < 4.78 is 13.9. The zero-order valence-electron chi connectivity index (χ0n) is 10.3. The third-order valence-electron chi connectivity index (χ3n) is 3.32. The zero-order chi connectivity index (χ0) is 12.3. The number of nitrogens with two attached hydrogens (primary N) is 1. The average Bonchev–Trinajstić information content (AvgIpc) is 2.33. The van der Waals surface area contributed by atoms with Gasteiger partial charge in [-0.3, -0.25) is 0 Å². The lowest BCUT2D eigenvalue weighted by molar-refractivity contribution is 0.514. The molecule has 3 heteroatoms. The molecular weight excluding hydrogens is 233 g/mol. The second-order valence-corrected chi connectivity index (χ2v) is 6.14. The first kappa shape index (κ1) is 12.9. The summed E-state index contributed by atoms with van der Waals surface area (Å²) in [6.45, 7) is 1.92. The highest BCUT2D eigenvalue weighted by molar-refractivity contribution is 8.00. The lowest BCUT2D eigenvalue weighted by atomic mass is 10.0. The molecule has 2 N–H and O–H groups in total. The summed E-state index contributed by atoms with van der Waals surface area (Å²) in [7, 11) is 0. The molecule has 1 aromatic carbocycles. The van der Waals surface area contributed by atoms with Crippen LogP contribution in [0.1, 0.15) is 50.6 Å². The number of rotatable bonds is 3. The normalized spacial score (nSPS) is 19.2. The summed E-state index contributed by atoms with van der Waals surface area (Å²) in [5, 5.41) is 0.568. The van der Waals surface area contributed by atoms with Crippen molar-refractivity contribution in [3.8, 4) is 0 Å². The van der Waals surface area contributed by atoms with Crippen molar-refractivity contribution < 1.29 is 4.39 Å². The van der Waals surface area contributed by atoms with Crippen molar-refractivity contribution in [2.24, 2.45) is 5.73 Å². The second-order valence-electron chi connectivity index (χ2n) is 4.82. The molecule has 0 heterocycles. The Labute approximate surface area is 107 Å². The van der Waals surface area contributed by atoms with E-state index in [2.05, 4.69) is 0 Å². The van der Waals surface area contributed by atoms with E-state index in [-0.39, 0.29) is 11.9 Å². The van der Waals surface area contributed by atoms with Gasteiger partial charge in [-0.05, 0) is 31.4 Å². The Morgan fingerprint density at radius 1 is 1.29 bits per heavy atom. The molecule has 0 amide bonds. The van der Waals surface area contributed by atoms with Crippen molar-refractivity contribution in [2.75, 3.05) is 0 Å². The van der Waals surface area contributed by atoms with Gasteiger partial charge in [0.25, 0.3) is 0 Å². The van der Waals surface area contributed by atoms with Crippen LogP contribution in [0.2, 0.25) is 0 Å². The van der Waals surface area contributed by atoms with Gasteiger partial charge in [0.1, 0.15) is 5.82 Å². The van der Waals surface area contributed by atoms with Crippen LogP contribution in [0.3, 0.4) is 0 Å². The van der Waals surface area contributed by atoms with E-state index < -0.39 is 0 Å². The van der Waals surface area contributed by atoms with E-state index in [9.17, 15) is 4.39 Å². The molecule has 1 saturated carbocycles. The molecule has 0 unspecified atom stereocenters. The molecule has 0 aromatic heterocycles. The molecule has 0 radical (unpaired) electrons. The van der Waals surface area contributed by atoms with Gasteiger partial charge >= 0.3 is 0 Å². The third-order valence-corrected chi connectivity index (χ3v) is 4.80. The molecule has 94 valence electrons. The number of benzene rings is 1. The summed E-state index contributed by atoms with van der Waals surface area (Å²) >= 11 is 1.69. The van der Waals surface area contributed by atoms with E-state index in [0.717, 1.165) is 10.5 Å². The molecule has 0 spiro atoms. The smallest absolute Gasteiger partial charge is 0.137 e. The van der Waals surface area contributed by atoms with E-state index in [4.69, 9.17) is 5.73 Å². The highest BCUT2D eigenvalue weighted by Gasteiger charge is 2.19. The molecule has 0 saturated heterocycles. The van der Waals surface area contributed by atoms with E-state index in [1.165, 1.54) is 38.2 Å². The van der Waals surface area contributed by atoms with Gasteiger partial charge in [0.2, 0.25) is 0 Å². The Bertz CT molecular complexity index is 372. The predicted octanol–water partition coefficient (Wildman–Crippen LogP) is 4.27. The maximum Gasteiger partial charge on any atom is 0.137 e. The maximum absolute atomic E-state index is 13.9. The Morgan fingerprint density at radius 2 is 2.00 bits per heavy atom. The largest absolute Gasteiger partial charge is 0.324 e. The first-order valence-corrected chi connectivity index (χ1v) is 7.27. The van der Waals surface area contributed by atoms with E-state index in [1.807, 2.05) is 13.0 Å². The monoisotopic (exact) mass is 253 g/mol. The Kier molecular flexibility index (Phi) is 4.46. The molecule has 0 bridgehead atoms. The molecule has 1 aliphatic rings. The highest BCUT2D eigenvalue weighted by atomic mass is 32.2. The van der Waals surface area contributed by atoms with Gasteiger partial charge in [0.15, 0.2) is 0 Å². The van der Waals surface area contributed by atoms with Crippen LogP contribution in [-0.4, -0.2) is 5.25 Å². The SMILES string of the molecule is C[C@@H](N)c1cccc(F)c1SC1CCCCC1. The molecule has 1 fully saturated rings. The molecule has 1 aliphatic carbocycles.